The molecule has 1 heterocycles. The van der Waals surface area contributed by atoms with Crippen molar-refractivity contribution in [1.82, 2.24) is 5.32 Å². The minimum Gasteiger partial charge on any atom is -0.415 e. The molecule has 1 aliphatic rings. The van der Waals surface area contributed by atoms with Gasteiger partial charge in [0.1, 0.15) is 0 Å². The fourth-order valence-electron chi connectivity index (χ4n) is 3.74. The Balaban J connectivity index is 1.60. The van der Waals surface area contributed by atoms with Crippen LogP contribution in [0, 0.1) is 0 Å². The van der Waals surface area contributed by atoms with Crippen LogP contribution in [-0.2, 0) is 11.0 Å². The summed E-state index contributed by atoms with van der Waals surface area (Å²) in [4.78, 5) is 15.3. The molecule has 7 heteroatoms. The Morgan fingerprint density at radius 1 is 1.15 bits per heavy atom. The third-order valence-corrected chi connectivity index (χ3v) is 11.9. The van der Waals surface area contributed by atoms with E-state index in [2.05, 4.69) is 56.3 Å². The summed E-state index contributed by atoms with van der Waals surface area (Å²) in [6.45, 7) is 16.8. The molecule has 0 bridgehead atoms. The van der Waals surface area contributed by atoms with Gasteiger partial charge in [-0.25, -0.2) is 0 Å². The monoisotopic (exact) mass is 501 g/mol. The van der Waals surface area contributed by atoms with Crippen LogP contribution in [0.5, 0.6) is 0 Å². The van der Waals surface area contributed by atoms with Crippen molar-refractivity contribution in [2.24, 2.45) is 0 Å². The van der Waals surface area contributed by atoms with Crippen LogP contribution in [0.1, 0.15) is 56.5 Å². The Morgan fingerprint density at radius 3 is 2.47 bits per heavy atom. The first-order valence-electron chi connectivity index (χ1n) is 12.3. The number of hydrogen-bond donors (Lipinski definition) is 2. The zero-order valence-corrected chi connectivity index (χ0v) is 23.3. The Labute approximate surface area is 211 Å². The van der Waals surface area contributed by atoms with Crippen LogP contribution in [0.2, 0.25) is 23.2 Å². The zero-order chi connectivity index (χ0) is 24.9. The molecule has 1 atom stereocenters. The standard InChI is InChI=1S/C27H40ClN3O2Si/c1-20(19-33-34(5,6)27(2,3)4)29-18-21-11-7-8-12-25(21)30-26(32)23-14-13-22(17-24(23)28)31-15-9-10-16-31/h7-8,11-14,17,20,29H,9-10,15-16,18-19H2,1-6H3,(H,30,32)/t20-/m1/s1. The van der Waals surface area contributed by atoms with E-state index in [1.807, 2.05) is 42.5 Å². The molecule has 2 N–H and O–H groups in total. The molecule has 0 spiro atoms. The average molecular weight is 502 g/mol. The van der Waals surface area contributed by atoms with E-state index in [4.69, 9.17) is 16.0 Å². The highest BCUT2D eigenvalue weighted by atomic mass is 35.5. The molecule has 34 heavy (non-hydrogen) atoms. The van der Waals surface area contributed by atoms with Crippen LogP contribution in [0.25, 0.3) is 0 Å². The third-order valence-electron chi connectivity index (χ3n) is 7.08. The Kier molecular flexibility index (Phi) is 8.85. The number of benzene rings is 2. The second-order valence-electron chi connectivity index (χ2n) is 10.8. The molecule has 186 valence electrons. The maximum atomic E-state index is 13.0. The quantitative estimate of drug-likeness (QED) is 0.376. The Bertz CT molecular complexity index is 984. The van der Waals surface area contributed by atoms with Crippen LogP contribution < -0.4 is 15.5 Å². The SMILES string of the molecule is C[C@H](CO[Si](C)(C)C(C)(C)C)NCc1ccccc1NC(=O)c1ccc(N2CCCC2)cc1Cl. The van der Waals surface area contributed by atoms with Gasteiger partial charge in [0.15, 0.2) is 8.32 Å². The highest BCUT2D eigenvalue weighted by Gasteiger charge is 2.37. The first-order valence-corrected chi connectivity index (χ1v) is 15.6. The van der Waals surface area contributed by atoms with E-state index in [0.717, 1.165) is 30.0 Å². The van der Waals surface area contributed by atoms with Crippen molar-refractivity contribution in [3.8, 4) is 0 Å². The Morgan fingerprint density at radius 2 is 1.82 bits per heavy atom. The maximum absolute atomic E-state index is 13.0. The van der Waals surface area contributed by atoms with Gasteiger partial charge in [-0.15, -0.1) is 0 Å². The maximum Gasteiger partial charge on any atom is 0.257 e. The second-order valence-corrected chi connectivity index (χ2v) is 16.0. The molecule has 1 amide bonds. The molecule has 5 nitrogen and oxygen atoms in total. The average Bonchev–Trinajstić information content (AvgIpc) is 3.31. The molecule has 0 saturated carbocycles. The van der Waals surface area contributed by atoms with E-state index in [-0.39, 0.29) is 17.0 Å². The van der Waals surface area contributed by atoms with Gasteiger partial charge in [0, 0.05) is 43.7 Å². The fraction of sp³-hybridized carbons (Fsp3) is 0.519. The molecule has 0 aromatic heterocycles. The molecule has 1 aliphatic heterocycles. The van der Waals surface area contributed by atoms with Crippen LogP contribution in [0.4, 0.5) is 11.4 Å². The van der Waals surface area contributed by atoms with Gasteiger partial charge in [0.25, 0.3) is 5.91 Å². The molecular weight excluding hydrogens is 462 g/mol. The van der Waals surface area contributed by atoms with Gasteiger partial charge in [0.2, 0.25) is 0 Å². The topological polar surface area (TPSA) is 53.6 Å². The molecule has 1 saturated heterocycles. The molecule has 0 unspecified atom stereocenters. The van der Waals surface area contributed by atoms with E-state index in [9.17, 15) is 4.79 Å². The largest absolute Gasteiger partial charge is 0.415 e. The number of para-hydroxylation sites is 1. The minimum absolute atomic E-state index is 0.192. The van der Waals surface area contributed by atoms with Crippen LogP contribution in [-0.4, -0.2) is 40.0 Å². The van der Waals surface area contributed by atoms with Crippen molar-refractivity contribution in [1.29, 1.82) is 0 Å². The summed E-state index contributed by atoms with van der Waals surface area (Å²) in [7, 11) is -1.78. The lowest BCUT2D eigenvalue weighted by atomic mass is 10.1. The lowest BCUT2D eigenvalue weighted by molar-refractivity contribution is 0.102. The minimum atomic E-state index is -1.78. The van der Waals surface area contributed by atoms with Crippen molar-refractivity contribution in [2.45, 2.75) is 71.3 Å². The number of nitrogens with one attached hydrogen (secondary N) is 2. The van der Waals surface area contributed by atoms with E-state index >= 15 is 0 Å². The number of rotatable bonds is 9. The second kappa shape index (κ2) is 11.3. The van der Waals surface area contributed by atoms with Crippen molar-refractivity contribution >= 4 is 37.2 Å². The summed E-state index contributed by atoms with van der Waals surface area (Å²) in [6.07, 6.45) is 2.40. The van der Waals surface area contributed by atoms with Gasteiger partial charge in [-0.2, -0.15) is 0 Å². The lowest BCUT2D eigenvalue weighted by Crippen LogP contribution is -2.44. The van der Waals surface area contributed by atoms with Gasteiger partial charge >= 0.3 is 0 Å². The van der Waals surface area contributed by atoms with Crippen LogP contribution in [0.15, 0.2) is 42.5 Å². The van der Waals surface area contributed by atoms with Crippen molar-refractivity contribution < 1.29 is 9.22 Å². The number of hydrogen-bond acceptors (Lipinski definition) is 4. The van der Waals surface area contributed by atoms with Crippen molar-refractivity contribution in [3.63, 3.8) is 0 Å². The van der Waals surface area contributed by atoms with Gasteiger partial charge in [-0.3, -0.25) is 4.79 Å². The first kappa shape index (κ1) is 26.7. The molecule has 0 aliphatic carbocycles. The number of carbonyl (C=O) groups is 1. The summed E-state index contributed by atoms with van der Waals surface area (Å²) in [5.41, 5.74) is 3.39. The van der Waals surface area contributed by atoms with E-state index < -0.39 is 8.32 Å². The summed E-state index contributed by atoms with van der Waals surface area (Å²) in [6, 6.07) is 13.8. The molecule has 2 aromatic carbocycles. The highest BCUT2D eigenvalue weighted by Crippen LogP contribution is 2.36. The Hall–Kier alpha value is -1.86. The normalized spacial score (nSPS) is 15.4. The number of carbonyl (C=O) groups excluding carboxylic acids is 1. The molecule has 0 radical (unpaired) electrons. The number of halogens is 1. The highest BCUT2D eigenvalue weighted by molar-refractivity contribution is 6.74. The fourth-order valence-corrected chi connectivity index (χ4v) is 5.10. The summed E-state index contributed by atoms with van der Waals surface area (Å²) in [5.74, 6) is -0.195. The van der Waals surface area contributed by atoms with Gasteiger partial charge in [0.05, 0.1) is 10.6 Å². The van der Waals surface area contributed by atoms with Crippen molar-refractivity contribution in [2.75, 3.05) is 29.9 Å². The van der Waals surface area contributed by atoms with E-state index in [1.54, 1.807) is 0 Å². The molecule has 2 aromatic rings. The number of amides is 1. The van der Waals surface area contributed by atoms with Crippen molar-refractivity contribution in [3.05, 3.63) is 58.6 Å². The molecular formula is C27H40ClN3O2Si. The summed E-state index contributed by atoms with van der Waals surface area (Å²) >= 11 is 6.50. The van der Waals surface area contributed by atoms with Crippen LogP contribution in [0.3, 0.4) is 0 Å². The zero-order valence-electron chi connectivity index (χ0n) is 21.5. The summed E-state index contributed by atoms with van der Waals surface area (Å²) in [5, 5.41) is 7.27. The molecule has 3 rings (SSSR count). The molecule has 1 fully saturated rings. The van der Waals surface area contributed by atoms with E-state index in [1.165, 1.54) is 12.8 Å². The van der Waals surface area contributed by atoms with Gasteiger partial charge in [-0.1, -0.05) is 50.6 Å². The van der Waals surface area contributed by atoms with Gasteiger partial charge in [-0.05, 0) is 67.7 Å². The predicted octanol–water partition coefficient (Wildman–Crippen LogP) is 6.69. The van der Waals surface area contributed by atoms with Gasteiger partial charge < -0.3 is 20.0 Å². The number of nitrogens with zero attached hydrogens (tertiary/aromatic N) is 1. The number of anilines is 2. The predicted molar refractivity (Wildman–Crippen MR) is 147 cm³/mol. The smallest absolute Gasteiger partial charge is 0.257 e. The first-order chi connectivity index (χ1) is 16.0. The third kappa shape index (κ3) is 6.85. The lowest BCUT2D eigenvalue weighted by Gasteiger charge is -2.37. The van der Waals surface area contributed by atoms with Crippen LogP contribution >= 0.6 is 11.6 Å². The summed E-state index contributed by atoms with van der Waals surface area (Å²) < 4.78 is 6.34. The van der Waals surface area contributed by atoms with E-state index in [0.29, 0.717) is 23.7 Å².